The van der Waals surface area contributed by atoms with E-state index in [2.05, 4.69) is 51.2 Å². The number of benzene rings is 2. The normalized spacial score (nSPS) is 27.9. The Morgan fingerprint density at radius 1 is 1.07 bits per heavy atom. The summed E-state index contributed by atoms with van der Waals surface area (Å²) >= 11 is 0. The molecular formula is C27H37ClFN. The number of nitrogens with one attached hydrogen (secondary N) is 1. The molecule has 3 heteroatoms. The van der Waals surface area contributed by atoms with Gasteiger partial charge in [-0.3, -0.25) is 0 Å². The van der Waals surface area contributed by atoms with E-state index in [1.165, 1.54) is 37.7 Å². The monoisotopic (exact) mass is 429 g/mol. The van der Waals surface area contributed by atoms with Crippen molar-refractivity contribution in [2.24, 2.45) is 11.3 Å². The van der Waals surface area contributed by atoms with Crippen LogP contribution in [0, 0.1) is 17.2 Å². The zero-order valence-corrected chi connectivity index (χ0v) is 19.7. The molecule has 1 saturated carbocycles. The van der Waals surface area contributed by atoms with Gasteiger partial charge in [0.15, 0.2) is 0 Å². The predicted molar refractivity (Wildman–Crippen MR) is 127 cm³/mol. The third kappa shape index (κ3) is 4.32. The maximum atomic E-state index is 13.2. The molecule has 2 aromatic rings. The summed E-state index contributed by atoms with van der Waals surface area (Å²) in [5, 5.41) is 3.71. The van der Waals surface area contributed by atoms with Gasteiger partial charge >= 0.3 is 0 Å². The SMILES string of the molecule is CC(C)c1ccc2c(c1)CC[C@H]1[C@](C)(CNCc3ccc(F)cc3)CCC[C@]21C.Cl. The molecule has 1 N–H and O–H groups in total. The van der Waals surface area contributed by atoms with Crippen molar-refractivity contribution >= 4 is 12.4 Å². The van der Waals surface area contributed by atoms with Crippen LogP contribution in [0.3, 0.4) is 0 Å². The van der Waals surface area contributed by atoms with Gasteiger partial charge in [0.25, 0.3) is 0 Å². The predicted octanol–water partition coefficient (Wildman–Crippen LogP) is 7.17. The van der Waals surface area contributed by atoms with Crippen molar-refractivity contribution in [2.75, 3.05) is 6.54 Å². The van der Waals surface area contributed by atoms with Gasteiger partial charge in [-0.15, -0.1) is 12.4 Å². The van der Waals surface area contributed by atoms with Crippen LogP contribution in [-0.2, 0) is 18.4 Å². The van der Waals surface area contributed by atoms with Crippen LogP contribution < -0.4 is 5.32 Å². The Labute approximate surface area is 188 Å². The highest BCUT2D eigenvalue weighted by Crippen LogP contribution is 2.57. The van der Waals surface area contributed by atoms with Crippen LogP contribution in [0.2, 0.25) is 0 Å². The number of hydrogen-bond acceptors (Lipinski definition) is 1. The maximum absolute atomic E-state index is 13.2. The molecule has 0 aliphatic heterocycles. The van der Waals surface area contributed by atoms with Gasteiger partial charge in [-0.1, -0.05) is 64.4 Å². The third-order valence-electron chi connectivity index (χ3n) is 7.94. The van der Waals surface area contributed by atoms with Gasteiger partial charge in [0.2, 0.25) is 0 Å². The van der Waals surface area contributed by atoms with Crippen molar-refractivity contribution in [1.29, 1.82) is 0 Å². The minimum atomic E-state index is -0.162. The van der Waals surface area contributed by atoms with Gasteiger partial charge in [-0.2, -0.15) is 0 Å². The smallest absolute Gasteiger partial charge is 0.123 e. The van der Waals surface area contributed by atoms with Gasteiger partial charge in [0.1, 0.15) is 5.82 Å². The van der Waals surface area contributed by atoms with Crippen LogP contribution in [0.4, 0.5) is 4.39 Å². The fourth-order valence-electron chi connectivity index (χ4n) is 6.31. The van der Waals surface area contributed by atoms with Crippen LogP contribution in [0.1, 0.15) is 81.5 Å². The van der Waals surface area contributed by atoms with Crippen LogP contribution in [0.5, 0.6) is 0 Å². The van der Waals surface area contributed by atoms with Gasteiger partial charge in [-0.05, 0) is 82.7 Å². The van der Waals surface area contributed by atoms with Crippen molar-refractivity contribution in [3.05, 3.63) is 70.5 Å². The van der Waals surface area contributed by atoms with E-state index >= 15 is 0 Å². The number of hydrogen-bond donors (Lipinski definition) is 1. The second kappa shape index (κ2) is 9.01. The quantitative estimate of drug-likeness (QED) is 0.531. The molecule has 0 radical (unpaired) electrons. The molecule has 0 aromatic heterocycles. The number of rotatable bonds is 5. The molecule has 2 aliphatic carbocycles. The highest BCUT2D eigenvalue weighted by Gasteiger charge is 2.51. The Hall–Kier alpha value is -1.38. The Balaban J connectivity index is 0.00000256. The van der Waals surface area contributed by atoms with E-state index in [4.69, 9.17) is 0 Å². The van der Waals surface area contributed by atoms with Gasteiger partial charge in [0.05, 0.1) is 0 Å². The first-order chi connectivity index (χ1) is 13.8. The first-order valence-electron chi connectivity index (χ1n) is 11.4. The van der Waals surface area contributed by atoms with Gasteiger partial charge in [0, 0.05) is 13.1 Å². The minimum absolute atomic E-state index is 0. The second-order valence-corrected chi connectivity index (χ2v) is 10.3. The molecule has 0 saturated heterocycles. The standard InChI is InChI=1S/C27H36FN.ClH/c1-19(2)21-8-12-24-22(16-21)9-13-25-26(3,14-5-15-27(24,25)4)18-29-17-20-6-10-23(28)11-7-20;/h6-8,10-12,16,19,25,29H,5,9,13-15,17-18H2,1-4H3;1H/t25-,26-,27+;/m0./s1. The molecule has 1 nitrogen and oxygen atoms in total. The fraction of sp³-hybridized carbons (Fsp3) is 0.556. The molecular weight excluding hydrogens is 393 g/mol. The van der Waals surface area contributed by atoms with Crippen molar-refractivity contribution in [1.82, 2.24) is 5.32 Å². The molecule has 0 heterocycles. The molecule has 4 rings (SSSR count). The fourth-order valence-corrected chi connectivity index (χ4v) is 6.31. The lowest BCUT2D eigenvalue weighted by molar-refractivity contribution is 0.0257. The summed E-state index contributed by atoms with van der Waals surface area (Å²) in [6, 6.07) is 14.2. The Kier molecular flexibility index (Phi) is 6.99. The Morgan fingerprint density at radius 3 is 2.50 bits per heavy atom. The van der Waals surface area contributed by atoms with Crippen molar-refractivity contribution < 1.29 is 4.39 Å². The molecule has 2 aliphatic rings. The Morgan fingerprint density at radius 2 is 1.80 bits per heavy atom. The molecule has 2 aromatic carbocycles. The van der Waals surface area contributed by atoms with E-state index in [0.717, 1.165) is 18.7 Å². The van der Waals surface area contributed by atoms with Crippen LogP contribution in [-0.4, -0.2) is 6.54 Å². The van der Waals surface area contributed by atoms with Crippen molar-refractivity contribution in [2.45, 2.75) is 77.7 Å². The average molecular weight is 430 g/mol. The lowest BCUT2D eigenvalue weighted by atomic mass is 9.49. The number of halogens is 2. The molecule has 30 heavy (non-hydrogen) atoms. The van der Waals surface area contributed by atoms with Crippen molar-refractivity contribution in [3.8, 4) is 0 Å². The lowest BCUT2D eigenvalue weighted by Crippen LogP contribution is -2.52. The van der Waals surface area contributed by atoms with E-state index < -0.39 is 0 Å². The first kappa shape index (κ1) is 23.3. The average Bonchev–Trinajstić information content (AvgIpc) is 2.69. The number of aryl methyl sites for hydroxylation is 1. The summed E-state index contributed by atoms with van der Waals surface area (Å²) in [5.41, 5.74) is 6.44. The topological polar surface area (TPSA) is 12.0 Å². The molecule has 0 unspecified atom stereocenters. The second-order valence-electron chi connectivity index (χ2n) is 10.3. The summed E-state index contributed by atoms with van der Waals surface area (Å²) in [4.78, 5) is 0. The molecule has 164 valence electrons. The maximum Gasteiger partial charge on any atom is 0.123 e. The van der Waals surface area contributed by atoms with E-state index in [-0.39, 0.29) is 23.6 Å². The largest absolute Gasteiger partial charge is 0.312 e. The summed E-state index contributed by atoms with van der Waals surface area (Å²) in [7, 11) is 0. The zero-order valence-electron chi connectivity index (χ0n) is 18.9. The first-order valence-corrected chi connectivity index (χ1v) is 11.4. The number of fused-ring (bicyclic) bond motifs is 3. The molecule has 0 amide bonds. The van der Waals surface area contributed by atoms with E-state index in [9.17, 15) is 4.39 Å². The van der Waals surface area contributed by atoms with Crippen LogP contribution >= 0.6 is 12.4 Å². The zero-order chi connectivity index (χ0) is 20.6. The van der Waals surface area contributed by atoms with E-state index in [1.807, 2.05) is 12.1 Å². The summed E-state index contributed by atoms with van der Waals surface area (Å²) < 4.78 is 13.2. The molecule has 1 fully saturated rings. The van der Waals surface area contributed by atoms with Gasteiger partial charge in [-0.25, -0.2) is 4.39 Å². The molecule has 0 spiro atoms. The summed E-state index contributed by atoms with van der Waals surface area (Å²) in [6.45, 7) is 11.5. The van der Waals surface area contributed by atoms with Gasteiger partial charge < -0.3 is 5.32 Å². The van der Waals surface area contributed by atoms with Crippen LogP contribution in [0.15, 0.2) is 42.5 Å². The lowest BCUT2D eigenvalue weighted by Gasteiger charge is -2.55. The van der Waals surface area contributed by atoms with Crippen molar-refractivity contribution in [3.63, 3.8) is 0 Å². The van der Waals surface area contributed by atoms with Crippen LogP contribution in [0.25, 0.3) is 0 Å². The molecule has 0 bridgehead atoms. The summed E-state index contributed by atoms with van der Waals surface area (Å²) in [6.07, 6.45) is 6.40. The highest BCUT2D eigenvalue weighted by atomic mass is 35.5. The highest BCUT2D eigenvalue weighted by molar-refractivity contribution is 5.85. The minimum Gasteiger partial charge on any atom is -0.312 e. The third-order valence-corrected chi connectivity index (χ3v) is 7.94. The van der Waals surface area contributed by atoms with E-state index in [0.29, 0.717) is 17.3 Å². The molecule has 3 atom stereocenters. The Bertz CT molecular complexity index is 862. The van der Waals surface area contributed by atoms with E-state index in [1.54, 1.807) is 23.3 Å². The summed E-state index contributed by atoms with van der Waals surface area (Å²) in [5.74, 6) is 1.14.